The van der Waals surface area contributed by atoms with Crippen LogP contribution in [0.15, 0.2) is 10.5 Å². The minimum Gasteiger partial charge on any atom is -0.472 e. The molecule has 3 heteroatoms. The number of allylic oxidation sites excluding steroid dienone is 1. The molecule has 0 atom stereocenters. The van der Waals surface area contributed by atoms with Gasteiger partial charge < -0.3 is 4.74 Å². The molecule has 70 valence electrons. The van der Waals surface area contributed by atoms with E-state index >= 15 is 0 Å². The summed E-state index contributed by atoms with van der Waals surface area (Å²) in [4.78, 5) is 0.823. The molecule has 1 N–H and O–H groups in total. The van der Waals surface area contributed by atoms with E-state index in [1.165, 1.54) is 0 Å². The van der Waals surface area contributed by atoms with Crippen LogP contribution in [0.3, 0.4) is 0 Å². The second-order valence-electron chi connectivity index (χ2n) is 3.75. The van der Waals surface area contributed by atoms with Crippen LogP contribution < -0.4 is 0 Å². The molecule has 0 fully saturated rings. The number of rotatable bonds is 1. The van der Waals surface area contributed by atoms with Gasteiger partial charge in [0.15, 0.2) is 0 Å². The Bertz CT molecular complexity index is 209. The molecule has 0 unspecified atom stereocenters. The Morgan fingerprint density at radius 2 is 1.67 bits per heavy atom. The van der Waals surface area contributed by atoms with Crippen LogP contribution in [0.5, 0.6) is 0 Å². The number of hydrogen-bond donors (Lipinski definition) is 2. The molecule has 0 aliphatic carbocycles. The minimum absolute atomic E-state index is 0.204. The lowest BCUT2D eigenvalue weighted by atomic mass is 10.2. The topological polar surface area (TPSA) is 33.1 Å². The number of hydrogen-bond acceptors (Lipinski definition) is 3. The zero-order valence-electron chi connectivity index (χ0n) is 8.36. The maximum Gasteiger partial charge on any atom is 0.210 e. The summed E-state index contributed by atoms with van der Waals surface area (Å²) in [6.07, 6.45) is 0. The van der Waals surface area contributed by atoms with Crippen LogP contribution in [0.2, 0.25) is 0 Å². The lowest BCUT2D eigenvalue weighted by Gasteiger charge is -2.21. The van der Waals surface area contributed by atoms with E-state index in [-0.39, 0.29) is 11.5 Å². The average molecular weight is 187 g/mol. The third-order valence-corrected chi connectivity index (χ3v) is 1.63. The summed E-state index contributed by atoms with van der Waals surface area (Å²) in [5.41, 5.74) is 0.481. The molecule has 0 spiro atoms. The normalized spacial score (nSPS) is 13.8. The Labute approximate surface area is 79.9 Å². The van der Waals surface area contributed by atoms with E-state index in [0.717, 1.165) is 10.5 Å². The van der Waals surface area contributed by atoms with Gasteiger partial charge in [0.05, 0.1) is 0 Å². The lowest BCUT2D eigenvalue weighted by molar-refractivity contribution is 0.115. The van der Waals surface area contributed by atoms with Gasteiger partial charge in [-0.15, -0.1) is 12.6 Å². The highest BCUT2D eigenvalue weighted by Gasteiger charge is 2.15. The molecule has 0 saturated carbocycles. The molecular weight excluding hydrogens is 170 g/mol. The first-order chi connectivity index (χ1) is 5.24. The highest BCUT2D eigenvalue weighted by Crippen LogP contribution is 2.14. The zero-order chi connectivity index (χ0) is 9.94. The fraction of sp³-hybridized carbons (Fsp3) is 0.667. The summed E-state index contributed by atoms with van der Waals surface area (Å²) < 4.78 is 5.34. The molecule has 0 aromatic rings. The second kappa shape index (κ2) is 3.99. The van der Waals surface area contributed by atoms with Gasteiger partial charge in [0.1, 0.15) is 5.60 Å². The number of nitrogens with one attached hydrogen (secondary N) is 1. The molecule has 12 heavy (non-hydrogen) atoms. The maximum absolute atomic E-state index is 7.55. The van der Waals surface area contributed by atoms with Crippen LogP contribution in [0.4, 0.5) is 0 Å². The number of ether oxygens (including phenoxy) is 1. The summed E-state index contributed by atoms with van der Waals surface area (Å²) >= 11 is 4.14. The second-order valence-corrected chi connectivity index (χ2v) is 4.42. The maximum atomic E-state index is 7.55. The van der Waals surface area contributed by atoms with Gasteiger partial charge in [0.25, 0.3) is 0 Å². The van der Waals surface area contributed by atoms with Gasteiger partial charge in [-0.2, -0.15) is 0 Å². The van der Waals surface area contributed by atoms with Gasteiger partial charge in [-0.3, -0.25) is 5.41 Å². The fourth-order valence-corrected chi connectivity index (χ4v) is 0.649. The van der Waals surface area contributed by atoms with Crippen molar-refractivity contribution in [2.24, 2.45) is 0 Å². The predicted molar refractivity (Wildman–Crippen MR) is 55.9 cm³/mol. The van der Waals surface area contributed by atoms with Crippen molar-refractivity contribution >= 4 is 18.5 Å². The molecule has 0 radical (unpaired) electrons. The predicted octanol–water partition coefficient (Wildman–Crippen LogP) is 3.00. The van der Waals surface area contributed by atoms with E-state index in [0.29, 0.717) is 0 Å². The first-order valence-electron chi connectivity index (χ1n) is 3.88. The molecule has 0 bridgehead atoms. The van der Waals surface area contributed by atoms with Gasteiger partial charge >= 0.3 is 0 Å². The molecule has 0 aliphatic rings. The first kappa shape index (κ1) is 11.6. The van der Waals surface area contributed by atoms with E-state index in [4.69, 9.17) is 10.1 Å². The zero-order valence-corrected chi connectivity index (χ0v) is 9.25. The summed E-state index contributed by atoms with van der Waals surface area (Å²) in [5.74, 6) is 0.204. The third-order valence-electron chi connectivity index (χ3n) is 1.29. The van der Waals surface area contributed by atoms with Gasteiger partial charge in [-0.1, -0.05) is 0 Å². The van der Waals surface area contributed by atoms with E-state index in [9.17, 15) is 0 Å². The van der Waals surface area contributed by atoms with Crippen molar-refractivity contribution in [3.63, 3.8) is 0 Å². The smallest absolute Gasteiger partial charge is 0.210 e. The SMILES string of the molecule is C/C(S)=C(\C)C(=N)OC(C)(C)C. The monoisotopic (exact) mass is 187 g/mol. The Morgan fingerprint density at radius 1 is 1.25 bits per heavy atom. The molecule has 0 heterocycles. The molecule has 2 nitrogen and oxygen atoms in total. The van der Waals surface area contributed by atoms with Crippen molar-refractivity contribution < 1.29 is 4.74 Å². The van der Waals surface area contributed by atoms with Gasteiger partial charge in [0.2, 0.25) is 5.90 Å². The van der Waals surface area contributed by atoms with Gasteiger partial charge in [-0.25, -0.2) is 0 Å². The van der Waals surface area contributed by atoms with Crippen LogP contribution in [-0.2, 0) is 4.74 Å². The van der Waals surface area contributed by atoms with Crippen molar-refractivity contribution in [1.82, 2.24) is 0 Å². The highest BCUT2D eigenvalue weighted by molar-refractivity contribution is 7.84. The van der Waals surface area contributed by atoms with Crippen molar-refractivity contribution in [2.45, 2.75) is 40.2 Å². The summed E-state index contributed by atoms with van der Waals surface area (Å²) in [6.45, 7) is 9.43. The van der Waals surface area contributed by atoms with Crippen molar-refractivity contribution in [1.29, 1.82) is 5.41 Å². The Morgan fingerprint density at radius 3 is 1.92 bits per heavy atom. The molecule has 0 saturated heterocycles. The van der Waals surface area contributed by atoms with Crippen molar-refractivity contribution in [3.05, 3.63) is 10.5 Å². The molecule has 0 rings (SSSR count). The van der Waals surface area contributed by atoms with Crippen molar-refractivity contribution in [2.75, 3.05) is 0 Å². The van der Waals surface area contributed by atoms with Crippen LogP contribution in [0, 0.1) is 5.41 Å². The average Bonchev–Trinajstić information content (AvgIpc) is 1.82. The lowest BCUT2D eigenvalue weighted by Crippen LogP contribution is -2.24. The highest BCUT2D eigenvalue weighted by atomic mass is 32.1. The Hall–Kier alpha value is -0.440. The molecule has 0 aromatic heterocycles. The van der Waals surface area contributed by atoms with E-state index in [1.807, 2.05) is 34.6 Å². The van der Waals surface area contributed by atoms with Gasteiger partial charge in [-0.05, 0) is 39.5 Å². The fourth-order valence-electron chi connectivity index (χ4n) is 0.547. The van der Waals surface area contributed by atoms with E-state index < -0.39 is 0 Å². The largest absolute Gasteiger partial charge is 0.472 e. The van der Waals surface area contributed by atoms with Gasteiger partial charge in [0, 0.05) is 5.57 Å². The quantitative estimate of drug-likeness (QED) is 0.369. The van der Waals surface area contributed by atoms with Crippen LogP contribution in [0.25, 0.3) is 0 Å². The molecule has 0 amide bonds. The number of thiol groups is 1. The van der Waals surface area contributed by atoms with Crippen LogP contribution >= 0.6 is 12.6 Å². The Kier molecular flexibility index (Phi) is 3.84. The van der Waals surface area contributed by atoms with E-state index in [1.54, 1.807) is 0 Å². The van der Waals surface area contributed by atoms with Crippen LogP contribution in [0.1, 0.15) is 34.6 Å². The summed E-state index contributed by atoms with van der Waals surface area (Å²) in [7, 11) is 0. The Balaban J connectivity index is 4.36. The third kappa shape index (κ3) is 4.44. The van der Waals surface area contributed by atoms with Crippen LogP contribution in [-0.4, -0.2) is 11.5 Å². The summed E-state index contributed by atoms with van der Waals surface area (Å²) in [6, 6.07) is 0. The summed E-state index contributed by atoms with van der Waals surface area (Å²) in [5, 5.41) is 7.55. The van der Waals surface area contributed by atoms with Crippen molar-refractivity contribution in [3.8, 4) is 0 Å². The standard InChI is InChI=1S/C9H17NOS/c1-6(7(2)12)8(10)11-9(3,4)5/h10,12H,1-5H3/b7-6-,10-8?. The molecule has 0 aliphatic heterocycles. The van der Waals surface area contributed by atoms with E-state index in [2.05, 4.69) is 12.6 Å². The minimum atomic E-state index is -0.304. The molecular formula is C9H17NOS. The first-order valence-corrected chi connectivity index (χ1v) is 4.33. The molecule has 0 aromatic carbocycles.